The van der Waals surface area contributed by atoms with Crippen LogP contribution < -0.4 is 0 Å². The summed E-state index contributed by atoms with van der Waals surface area (Å²) in [5, 5.41) is 4.67. The van der Waals surface area contributed by atoms with E-state index in [4.69, 9.17) is 0 Å². The second kappa shape index (κ2) is 10.6. The van der Waals surface area contributed by atoms with Crippen LogP contribution in [0.4, 0.5) is 0 Å². The highest BCUT2D eigenvalue weighted by atomic mass is 16.2. The second-order valence-electron chi connectivity index (χ2n) is 9.70. The van der Waals surface area contributed by atoms with Crippen LogP contribution in [0, 0.1) is 19.8 Å². The molecule has 1 aromatic rings. The highest BCUT2D eigenvalue weighted by Crippen LogP contribution is 2.18. The van der Waals surface area contributed by atoms with E-state index in [1.807, 2.05) is 23.6 Å². The van der Waals surface area contributed by atoms with Gasteiger partial charge in [0.15, 0.2) is 0 Å². The molecule has 31 heavy (non-hydrogen) atoms. The van der Waals surface area contributed by atoms with Crippen molar-refractivity contribution in [3.05, 3.63) is 17.0 Å². The number of rotatable bonds is 7. The van der Waals surface area contributed by atoms with Crippen LogP contribution >= 0.6 is 0 Å². The maximum Gasteiger partial charge on any atom is 0.239 e. The normalized spacial score (nSPS) is 19.2. The van der Waals surface area contributed by atoms with Gasteiger partial charge in [-0.05, 0) is 57.9 Å². The average Bonchev–Trinajstić information content (AvgIpc) is 3.03. The summed E-state index contributed by atoms with van der Waals surface area (Å²) >= 11 is 0. The largest absolute Gasteiger partial charge is 0.341 e. The molecule has 1 aromatic heterocycles. The van der Waals surface area contributed by atoms with Crippen LogP contribution in [-0.2, 0) is 22.6 Å². The van der Waals surface area contributed by atoms with Crippen LogP contribution in [0.3, 0.4) is 0 Å². The van der Waals surface area contributed by atoms with Crippen molar-refractivity contribution in [2.24, 2.45) is 5.92 Å². The molecule has 3 heterocycles. The maximum absolute atomic E-state index is 12.8. The van der Waals surface area contributed by atoms with Gasteiger partial charge in [0.1, 0.15) is 0 Å². The Morgan fingerprint density at radius 2 is 1.55 bits per heavy atom. The first kappa shape index (κ1) is 23.8. The molecule has 2 fully saturated rings. The first-order chi connectivity index (χ1) is 14.8. The molecule has 0 aliphatic carbocycles. The lowest BCUT2D eigenvalue weighted by Crippen LogP contribution is -2.56. The molecule has 0 N–H and O–H groups in total. The number of carbonyl (C=O) groups is 2. The van der Waals surface area contributed by atoms with Crippen molar-refractivity contribution in [3.8, 4) is 0 Å². The molecular weight excluding hydrogens is 390 g/mol. The highest BCUT2D eigenvalue weighted by Gasteiger charge is 2.30. The molecule has 7 heteroatoms. The summed E-state index contributed by atoms with van der Waals surface area (Å²) in [7, 11) is 0. The van der Waals surface area contributed by atoms with E-state index in [0.29, 0.717) is 25.4 Å². The van der Waals surface area contributed by atoms with Gasteiger partial charge in [-0.1, -0.05) is 13.8 Å². The van der Waals surface area contributed by atoms with Crippen LogP contribution in [-0.4, -0.2) is 81.6 Å². The van der Waals surface area contributed by atoms with E-state index >= 15 is 0 Å². The van der Waals surface area contributed by atoms with Gasteiger partial charge in [0, 0.05) is 57.9 Å². The highest BCUT2D eigenvalue weighted by molar-refractivity contribution is 5.81. The van der Waals surface area contributed by atoms with E-state index < -0.39 is 0 Å². The lowest BCUT2D eigenvalue weighted by molar-refractivity contribution is -0.139. The number of hydrogen-bond donors (Lipinski definition) is 0. The summed E-state index contributed by atoms with van der Waals surface area (Å²) < 4.78 is 2.08. The Labute approximate surface area is 187 Å². The smallest absolute Gasteiger partial charge is 0.239 e. The molecule has 2 aliphatic heterocycles. The summed E-state index contributed by atoms with van der Waals surface area (Å²) in [6, 6.07) is -0.0903. The fourth-order valence-corrected chi connectivity index (χ4v) is 4.90. The number of aromatic nitrogens is 2. The molecule has 2 amide bonds. The molecule has 1 atom stereocenters. The third kappa shape index (κ3) is 5.88. The molecule has 0 radical (unpaired) electrons. The lowest BCUT2D eigenvalue weighted by atomic mass is 10.1. The van der Waals surface area contributed by atoms with E-state index in [9.17, 15) is 9.59 Å². The number of nitrogens with zero attached hydrogens (tertiary/aromatic N) is 5. The Bertz CT molecular complexity index is 758. The number of likely N-dealkylation sites (tertiary alicyclic amines) is 1. The fraction of sp³-hybridized carbons (Fsp3) is 0.792. The number of hydrogen-bond acceptors (Lipinski definition) is 4. The molecule has 2 aliphatic rings. The third-order valence-corrected chi connectivity index (χ3v) is 6.90. The van der Waals surface area contributed by atoms with Crippen LogP contribution in [0.5, 0.6) is 0 Å². The van der Waals surface area contributed by atoms with Crippen molar-refractivity contribution >= 4 is 11.8 Å². The van der Waals surface area contributed by atoms with E-state index in [1.54, 1.807) is 0 Å². The van der Waals surface area contributed by atoms with Gasteiger partial charge in [-0.25, -0.2) is 0 Å². The minimum Gasteiger partial charge on any atom is -0.341 e. The number of piperidine rings is 1. The summed E-state index contributed by atoms with van der Waals surface area (Å²) in [6.07, 6.45) is 4.75. The predicted molar refractivity (Wildman–Crippen MR) is 123 cm³/mol. The van der Waals surface area contributed by atoms with Crippen molar-refractivity contribution in [2.45, 2.75) is 79.3 Å². The average molecular weight is 432 g/mol. The summed E-state index contributed by atoms with van der Waals surface area (Å²) in [5.74, 6) is 1.02. The third-order valence-electron chi connectivity index (χ3n) is 6.90. The quantitative estimate of drug-likeness (QED) is 0.666. The molecule has 0 spiro atoms. The van der Waals surface area contributed by atoms with Crippen LogP contribution in [0.15, 0.2) is 0 Å². The molecule has 2 saturated heterocycles. The first-order valence-corrected chi connectivity index (χ1v) is 12.1. The minimum absolute atomic E-state index is 0.0903. The Morgan fingerprint density at radius 3 is 2.16 bits per heavy atom. The summed E-state index contributed by atoms with van der Waals surface area (Å²) in [5.41, 5.74) is 3.45. The number of carbonyl (C=O) groups excluding carboxylic acids is 2. The number of piperazine rings is 1. The van der Waals surface area contributed by atoms with Gasteiger partial charge >= 0.3 is 0 Å². The standard InChI is InChI=1S/C24H41N5O2/c1-18(2)17-29-20(4)22(19(3)25-29)9-10-23(30)27-15-13-26(14-16-27)21(5)24(31)28-11-7-6-8-12-28/h18,21H,6-17H2,1-5H3. The zero-order valence-corrected chi connectivity index (χ0v) is 20.2. The predicted octanol–water partition coefficient (Wildman–Crippen LogP) is 2.63. The van der Waals surface area contributed by atoms with Gasteiger partial charge < -0.3 is 9.80 Å². The maximum atomic E-state index is 12.8. The Morgan fingerprint density at radius 1 is 0.903 bits per heavy atom. The van der Waals surface area contributed by atoms with Crippen LogP contribution in [0.2, 0.25) is 0 Å². The SMILES string of the molecule is Cc1nn(CC(C)C)c(C)c1CCC(=O)N1CCN(C(C)C(=O)N2CCCCC2)CC1. The Hall–Kier alpha value is -1.89. The Kier molecular flexibility index (Phi) is 8.14. The summed E-state index contributed by atoms with van der Waals surface area (Å²) in [6.45, 7) is 16.2. The summed E-state index contributed by atoms with van der Waals surface area (Å²) in [4.78, 5) is 31.9. The van der Waals surface area contributed by atoms with Gasteiger partial charge in [-0.15, -0.1) is 0 Å². The zero-order valence-electron chi connectivity index (χ0n) is 20.2. The number of aryl methyl sites for hydroxylation is 1. The van der Waals surface area contributed by atoms with Crippen molar-refractivity contribution in [2.75, 3.05) is 39.3 Å². The van der Waals surface area contributed by atoms with Gasteiger partial charge in [-0.3, -0.25) is 19.2 Å². The van der Waals surface area contributed by atoms with E-state index in [1.165, 1.54) is 17.7 Å². The molecule has 1 unspecified atom stereocenters. The van der Waals surface area contributed by atoms with Gasteiger partial charge in [0.05, 0.1) is 11.7 Å². The number of amides is 2. The molecule has 0 aromatic carbocycles. The van der Waals surface area contributed by atoms with Crippen molar-refractivity contribution in [1.82, 2.24) is 24.5 Å². The van der Waals surface area contributed by atoms with Gasteiger partial charge in [0.2, 0.25) is 11.8 Å². The fourth-order valence-electron chi connectivity index (χ4n) is 4.90. The second-order valence-corrected chi connectivity index (χ2v) is 9.70. The van der Waals surface area contributed by atoms with Crippen molar-refractivity contribution in [1.29, 1.82) is 0 Å². The van der Waals surface area contributed by atoms with E-state index in [2.05, 4.69) is 35.5 Å². The van der Waals surface area contributed by atoms with Crippen molar-refractivity contribution < 1.29 is 9.59 Å². The topological polar surface area (TPSA) is 61.7 Å². The minimum atomic E-state index is -0.0903. The van der Waals surface area contributed by atoms with Gasteiger partial charge in [0.25, 0.3) is 0 Å². The van der Waals surface area contributed by atoms with Gasteiger partial charge in [-0.2, -0.15) is 5.10 Å². The van der Waals surface area contributed by atoms with Crippen LogP contribution in [0.25, 0.3) is 0 Å². The zero-order chi connectivity index (χ0) is 22.5. The monoisotopic (exact) mass is 431 g/mol. The molecule has 7 nitrogen and oxygen atoms in total. The molecule has 174 valence electrons. The van der Waals surface area contributed by atoms with E-state index in [-0.39, 0.29) is 17.9 Å². The molecule has 0 bridgehead atoms. The van der Waals surface area contributed by atoms with Crippen molar-refractivity contribution in [3.63, 3.8) is 0 Å². The molecule has 3 rings (SSSR count). The molecule has 0 saturated carbocycles. The Balaban J connectivity index is 1.47. The lowest BCUT2D eigenvalue weighted by Gasteiger charge is -2.39. The first-order valence-electron chi connectivity index (χ1n) is 12.1. The van der Waals surface area contributed by atoms with Crippen LogP contribution in [0.1, 0.15) is 63.4 Å². The molecular formula is C24H41N5O2. The van der Waals surface area contributed by atoms with E-state index in [0.717, 1.165) is 57.7 Å².